The van der Waals surface area contributed by atoms with Crippen molar-refractivity contribution in [2.75, 3.05) is 0 Å². The van der Waals surface area contributed by atoms with Crippen LogP contribution >= 0.6 is 0 Å². The molecule has 0 saturated carbocycles. The fraction of sp³-hybridized carbons (Fsp3) is 0.0769. The van der Waals surface area contributed by atoms with Gasteiger partial charge in [-0.3, -0.25) is 0 Å². The minimum absolute atomic E-state index is 0.240. The number of rotatable bonds is 1. The molecule has 1 aromatic carbocycles. The van der Waals surface area contributed by atoms with Crippen molar-refractivity contribution in [3.8, 4) is 11.3 Å². The molecule has 84 valence electrons. The zero-order valence-electron chi connectivity index (χ0n) is 9.26. The van der Waals surface area contributed by atoms with Crippen LogP contribution in [0.5, 0.6) is 0 Å². The number of nitrogens with zero attached hydrogens (tertiary/aromatic N) is 3. The Morgan fingerprint density at radius 3 is 2.59 bits per heavy atom. The van der Waals surface area contributed by atoms with Gasteiger partial charge < -0.3 is 0 Å². The lowest BCUT2D eigenvalue weighted by molar-refractivity contribution is 0.628. The van der Waals surface area contributed by atoms with Crippen LogP contribution in [-0.4, -0.2) is 14.6 Å². The summed E-state index contributed by atoms with van der Waals surface area (Å²) in [4.78, 5) is 4.29. The van der Waals surface area contributed by atoms with Crippen LogP contribution in [0.15, 0.2) is 42.5 Å². The van der Waals surface area contributed by atoms with Crippen molar-refractivity contribution >= 4 is 5.65 Å². The highest BCUT2D eigenvalue weighted by Gasteiger charge is 2.06. The average molecular weight is 227 g/mol. The van der Waals surface area contributed by atoms with E-state index in [1.807, 2.05) is 25.1 Å². The van der Waals surface area contributed by atoms with Crippen molar-refractivity contribution in [2.45, 2.75) is 6.92 Å². The summed E-state index contributed by atoms with van der Waals surface area (Å²) in [6.45, 7) is 1.85. The molecular weight excluding hydrogens is 217 g/mol. The third-order valence-corrected chi connectivity index (χ3v) is 2.61. The van der Waals surface area contributed by atoms with Gasteiger partial charge in [-0.1, -0.05) is 6.07 Å². The molecule has 2 aromatic heterocycles. The monoisotopic (exact) mass is 227 g/mol. The molecule has 0 saturated heterocycles. The molecule has 0 amide bonds. The van der Waals surface area contributed by atoms with Crippen LogP contribution in [0.2, 0.25) is 0 Å². The lowest BCUT2D eigenvalue weighted by Crippen LogP contribution is -1.93. The number of fused-ring (bicyclic) bond motifs is 1. The first-order valence-corrected chi connectivity index (χ1v) is 5.32. The minimum Gasteiger partial charge on any atom is -0.213 e. The Morgan fingerprint density at radius 2 is 1.82 bits per heavy atom. The highest BCUT2D eigenvalue weighted by atomic mass is 19.1. The maximum atomic E-state index is 12.9. The molecule has 17 heavy (non-hydrogen) atoms. The molecule has 0 unspecified atom stereocenters. The molecule has 4 heteroatoms. The van der Waals surface area contributed by atoms with Crippen LogP contribution in [0.1, 0.15) is 5.82 Å². The molecule has 0 spiro atoms. The fourth-order valence-corrected chi connectivity index (χ4v) is 1.85. The smallest absolute Gasteiger partial charge is 0.156 e. The predicted octanol–water partition coefficient (Wildman–Crippen LogP) is 2.84. The van der Waals surface area contributed by atoms with Gasteiger partial charge in [-0.25, -0.2) is 13.9 Å². The number of halogens is 1. The van der Waals surface area contributed by atoms with E-state index in [0.717, 1.165) is 22.7 Å². The summed E-state index contributed by atoms with van der Waals surface area (Å²) in [6.07, 6.45) is 0. The first kappa shape index (κ1) is 9.96. The average Bonchev–Trinajstić information content (AvgIpc) is 2.70. The molecule has 3 nitrogen and oxygen atoms in total. The summed E-state index contributed by atoms with van der Waals surface area (Å²) in [6, 6.07) is 12.1. The summed E-state index contributed by atoms with van der Waals surface area (Å²) < 4.78 is 14.7. The largest absolute Gasteiger partial charge is 0.213 e. The van der Waals surface area contributed by atoms with Gasteiger partial charge in [0.05, 0.1) is 5.69 Å². The van der Waals surface area contributed by atoms with Crippen molar-refractivity contribution in [3.63, 3.8) is 0 Å². The highest BCUT2D eigenvalue weighted by molar-refractivity contribution is 5.62. The second-order valence-electron chi connectivity index (χ2n) is 3.85. The lowest BCUT2D eigenvalue weighted by Gasteiger charge is -2.03. The molecule has 0 atom stereocenters. The second-order valence-corrected chi connectivity index (χ2v) is 3.85. The van der Waals surface area contributed by atoms with Crippen LogP contribution in [0.4, 0.5) is 4.39 Å². The number of benzene rings is 1. The van der Waals surface area contributed by atoms with Gasteiger partial charge in [0.25, 0.3) is 0 Å². The quantitative estimate of drug-likeness (QED) is 0.640. The molecule has 2 heterocycles. The van der Waals surface area contributed by atoms with E-state index < -0.39 is 0 Å². The van der Waals surface area contributed by atoms with E-state index in [2.05, 4.69) is 10.1 Å². The Bertz CT molecular complexity index is 671. The van der Waals surface area contributed by atoms with Crippen LogP contribution in [0.3, 0.4) is 0 Å². The van der Waals surface area contributed by atoms with Gasteiger partial charge in [-0.05, 0) is 43.3 Å². The van der Waals surface area contributed by atoms with Crippen LogP contribution in [0, 0.1) is 12.7 Å². The molecular formula is C13H10FN3. The Hall–Kier alpha value is -2.23. The summed E-state index contributed by atoms with van der Waals surface area (Å²) in [7, 11) is 0. The molecule has 0 bridgehead atoms. The number of hydrogen-bond acceptors (Lipinski definition) is 2. The molecule has 0 fully saturated rings. The molecule has 0 aliphatic rings. The highest BCUT2D eigenvalue weighted by Crippen LogP contribution is 2.20. The standard InChI is InChI=1S/C13H10FN3/c1-9-15-13-4-2-3-12(17(13)16-9)10-5-7-11(14)8-6-10/h2-8H,1H3. The Labute approximate surface area is 97.5 Å². The minimum atomic E-state index is -0.240. The summed E-state index contributed by atoms with van der Waals surface area (Å²) in [5, 5.41) is 4.32. The molecule has 0 aliphatic carbocycles. The molecule has 3 rings (SSSR count). The first-order chi connectivity index (χ1) is 8.24. The van der Waals surface area contributed by atoms with E-state index in [1.54, 1.807) is 16.6 Å². The third kappa shape index (κ3) is 1.67. The maximum Gasteiger partial charge on any atom is 0.156 e. The van der Waals surface area contributed by atoms with Gasteiger partial charge in [0.2, 0.25) is 0 Å². The first-order valence-electron chi connectivity index (χ1n) is 5.32. The van der Waals surface area contributed by atoms with E-state index in [1.165, 1.54) is 12.1 Å². The summed E-state index contributed by atoms with van der Waals surface area (Å²) >= 11 is 0. The Morgan fingerprint density at radius 1 is 1.06 bits per heavy atom. The van der Waals surface area contributed by atoms with E-state index in [0.29, 0.717) is 0 Å². The van der Waals surface area contributed by atoms with Crippen molar-refractivity contribution in [2.24, 2.45) is 0 Å². The third-order valence-electron chi connectivity index (χ3n) is 2.61. The predicted molar refractivity (Wildman–Crippen MR) is 63.1 cm³/mol. The van der Waals surface area contributed by atoms with Crippen molar-refractivity contribution in [1.82, 2.24) is 14.6 Å². The van der Waals surface area contributed by atoms with Gasteiger partial charge in [-0.2, -0.15) is 5.10 Å². The summed E-state index contributed by atoms with van der Waals surface area (Å²) in [5.41, 5.74) is 2.62. The van der Waals surface area contributed by atoms with E-state index in [9.17, 15) is 4.39 Å². The Balaban J connectivity index is 2.26. The van der Waals surface area contributed by atoms with E-state index in [-0.39, 0.29) is 5.82 Å². The Kier molecular flexibility index (Phi) is 2.14. The topological polar surface area (TPSA) is 30.2 Å². The number of aryl methyl sites for hydroxylation is 1. The molecule has 0 radical (unpaired) electrons. The maximum absolute atomic E-state index is 12.9. The van der Waals surface area contributed by atoms with Gasteiger partial charge in [-0.15, -0.1) is 0 Å². The zero-order chi connectivity index (χ0) is 11.8. The lowest BCUT2D eigenvalue weighted by atomic mass is 10.1. The van der Waals surface area contributed by atoms with Gasteiger partial charge in [0.15, 0.2) is 5.65 Å². The van der Waals surface area contributed by atoms with Crippen molar-refractivity contribution in [1.29, 1.82) is 0 Å². The molecule has 0 N–H and O–H groups in total. The van der Waals surface area contributed by atoms with E-state index in [4.69, 9.17) is 0 Å². The van der Waals surface area contributed by atoms with Crippen LogP contribution in [0.25, 0.3) is 16.9 Å². The van der Waals surface area contributed by atoms with Gasteiger partial charge >= 0.3 is 0 Å². The number of pyridine rings is 1. The second kappa shape index (κ2) is 3.66. The van der Waals surface area contributed by atoms with E-state index >= 15 is 0 Å². The SMILES string of the molecule is Cc1nc2cccc(-c3ccc(F)cc3)n2n1. The molecule has 3 aromatic rings. The van der Waals surface area contributed by atoms with Crippen molar-refractivity contribution < 1.29 is 4.39 Å². The van der Waals surface area contributed by atoms with Crippen LogP contribution < -0.4 is 0 Å². The summed E-state index contributed by atoms with van der Waals surface area (Å²) in [5.74, 6) is 0.482. The van der Waals surface area contributed by atoms with Gasteiger partial charge in [0, 0.05) is 5.56 Å². The number of aromatic nitrogens is 3. The zero-order valence-corrected chi connectivity index (χ0v) is 9.26. The number of hydrogen-bond donors (Lipinski definition) is 0. The fourth-order valence-electron chi connectivity index (χ4n) is 1.85. The normalized spacial score (nSPS) is 10.9. The van der Waals surface area contributed by atoms with Crippen molar-refractivity contribution in [3.05, 3.63) is 54.1 Å². The molecule has 0 aliphatic heterocycles. The van der Waals surface area contributed by atoms with Gasteiger partial charge in [0.1, 0.15) is 11.6 Å². The van der Waals surface area contributed by atoms with Crippen LogP contribution in [-0.2, 0) is 0 Å².